The highest BCUT2D eigenvalue weighted by molar-refractivity contribution is 7.63. The van der Waals surface area contributed by atoms with Crippen LogP contribution in [0.3, 0.4) is 0 Å². The number of aliphatic carboxylic acids is 1. The van der Waals surface area contributed by atoms with Crippen LogP contribution in [0.5, 0.6) is 0 Å². The topological polar surface area (TPSA) is 197 Å². The Hall–Kier alpha value is -3.41. The molecular formula is C47H78NO12P. The quantitative estimate of drug-likeness (QED) is 0.0471. The number of carboxylic acid groups (broad SMARTS) is 1. The Bertz CT molecular complexity index is 1580. The number of esters is 2. The number of carboxylic acids is 1. The number of carbonyl (C=O) groups excluding carboxylic acids is 3. The molecule has 6 aliphatic carbocycles. The molecule has 13 nitrogen and oxygen atoms in total. The minimum absolute atomic E-state index is 0.0564. The molecule has 0 aromatic rings. The second kappa shape index (κ2) is 28.3. The van der Waals surface area contributed by atoms with Gasteiger partial charge in [-0.25, -0.2) is 4.79 Å². The van der Waals surface area contributed by atoms with E-state index in [2.05, 4.69) is 43.7 Å². The summed E-state index contributed by atoms with van der Waals surface area (Å²) in [7, 11) is -1.23. The highest BCUT2D eigenvalue weighted by Gasteiger charge is 2.58. The predicted molar refractivity (Wildman–Crippen MR) is 241 cm³/mol. The van der Waals surface area contributed by atoms with E-state index in [0.717, 1.165) is 64.8 Å². The number of rotatable bonds is 12. The fourth-order valence-electron chi connectivity index (χ4n) is 9.09. The van der Waals surface area contributed by atoms with Gasteiger partial charge in [0, 0.05) is 49.6 Å². The lowest BCUT2D eigenvalue weighted by Gasteiger charge is -2.48. The molecule has 0 unspecified atom stereocenters. The van der Waals surface area contributed by atoms with E-state index in [4.69, 9.17) is 19.7 Å². The normalized spacial score (nSPS) is 27.3. The van der Waals surface area contributed by atoms with Gasteiger partial charge < -0.3 is 29.0 Å². The maximum atomic E-state index is 11.3. The predicted octanol–water partition coefficient (Wildman–Crippen LogP) is 9.49. The lowest BCUT2D eigenvalue weighted by molar-refractivity contribution is -0.505. The van der Waals surface area contributed by atoms with Gasteiger partial charge in [0.25, 0.3) is 0 Å². The van der Waals surface area contributed by atoms with Crippen LogP contribution in [0.2, 0.25) is 0 Å². The van der Waals surface area contributed by atoms with Gasteiger partial charge in [0.2, 0.25) is 6.54 Å². The minimum atomic E-state index is -2.23. The van der Waals surface area contributed by atoms with Crippen molar-refractivity contribution in [3.63, 3.8) is 0 Å². The second-order valence-corrected chi connectivity index (χ2v) is 20.3. The van der Waals surface area contributed by atoms with Crippen LogP contribution >= 0.6 is 7.14 Å². The summed E-state index contributed by atoms with van der Waals surface area (Å²) in [6.45, 7) is 19.8. The van der Waals surface area contributed by atoms with Crippen molar-refractivity contribution < 1.29 is 53.1 Å². The van der Waals surface area contributed by atoms with E-state index in [0.29, 0.717) is 49.1 Å². The summed E-state index contributed by atoms with van der Waals surface area (Å²) in [6, 6.07) is 0. The molecule has 0 aromatic carbocycles. The summed E-state index contributed by atoms with van der Waals surface area (Å²) in [6.07, 6.45) is 20.2. The Labute approximate surface area is 365 Å². The number of ketones is 1. The van der Waals surface area contributed by atoms with Crippen molar-refractivity contribution in [1.82, 2.24) is 0 Å². The van der Waals surface area contributed by atoms with Gasteiger partial charge >= 0.3 is 17.9 Å². The number of nitro groups is 1. The van der Waals surface area contributed by atoms with Crippen molar-refractivity contribution in [3.05, 3.63) is 56.7 Å². The van der Waals surface area contributed by atoms with Crippen LogP contribution in [0.1, 0.15) is 126 Å². The molecule has 7 rings (SSSR count). The summed E-state index contributed by atoms with van der Waals surface area (Å²) in [4.78, 5) is 54.1. The Morgan fingerprint density at radius 3 is 1.77 bits per heavy atom. The molecule has 0 aromatic heterocycles. The highest BCUT2D eigenvalue weighted by atomic mass is 31.2. The molecule has 1 aliphatic heterocycles. The van der Waals surface area contributed by atoms with Crippen molar-refractivity contribution in [2.75, 3.05) is 59.6 Å². The number of fused-ring (bicyclic) bond motifs is 3. The molecule has 0 bridgehead atoms. The maximum absolute atomic E-state index is 11.3. The Morgan fingerprint density at radius 1 is 0.836 bits per heavy atom. The third-order valence-corrected chi connectivity index (χ3v) is 13.0. The van der Waals surface area contributed by atoms with Crippen molar-refractivity contribution in [2.24, 2.45) is 40.9 Å². The van der Waals surface area contributed by atoms with Crippen LogP contribution in [0, 0.1) is 51.0 Å². The van der Waals surface area contributed by atoms with Crippen LogP contribution in [0.25, 0.3) is 0 Å². The summed E-state index contributed by atoms with van der Waals surface area (Å²) in [5.74, 6) is 1.93. The number of ether oxygens (including phenoxy) is 3. The summed E-state index contributed by atoms with van der Waals surface area (Å²) in [5.41, 5.74) is 5.02. The molecule has 7 atom stereocenters. The van der Waals surface area contributed by atoms with Gasteiger partial charge in [-0.05, 0) is 115 Å². The number of carbonyl (C=O) groups is 4. The number of Topliss-reactive ketones (excluding diaryl/α,β-unsaturated/α-hetero) is 1. The molecule has 0 spiro atoms. The molecule has 2 N–H and O–H groups in total. The second-order valence-electron chi connectivity index (χ2n) is 16.8. The molecule has 61 heavy (non-hydrogen) atoms. The average molecular weight is 880 g/mol. The average Bonchev–Trinajstić information content (AvgIpc) is 4.02. The van der Waals surface area contributed by atoms with E-state index < -0.39 is 18.5 Å². The first kappa shape index (κ1) is 55.6. The van der Waals surface area contributed by atoms with Crippen LogP contribution in [-0.4, -0.2) is 98.4 Å². The molecule has 14 heteroatoms. The first-order valence-electron chi connectivity index (χ1n) is 22.5. The van der Waals surface area contributed by atoms with Crippen LogP contribution in [0.4, 0.5) is 0 Å². The number of aliphatic hydroxyl groups is 1. The lowest BCUT2D eigenvalue weighted by atomic mass is 9.53. The molecular weight excluding hydrogens is 801 g/mol. The summed E-state index contributed by atoms with van der Waals surface area (Å²) >= 11 is 0. The maximum Gasteiger partial charge on any atom is 0.330 e. The van der Waals surface area contributed by atoms with Gasteiger partial charge in [0.15, 0.2) is 0 Å². The van der Waals surface area contributed by atoms with E-state index in [-0.39, 0.29) is 41.9 Å². The van der Waals surface area contributed by atoms with Gasteiger partial charge in [0.05, 0.1) is 38.4 Å². The zero-order valence-corrected chi connectivity index (χ0v) is 39.8. The van der Waals surface area contributed by atoms with Crippen molar-refractivity contribution >= 4 is 30.8 Å². The Morgan fingerprint density at radius 2 is 1.34 bits per heavy atom. The van der Waals surface area contributed by atoms with Gasteiger partial charge in [-0.2, -0.15) is 0 Å². The first-order valence-corrected chi connectivity index (χ1v) is 25.3. The van der Waals surface area contributed by atoms with Crippen molar-refractivity contribution in [2.45, 2.75) is 126 Å². The summed E-state index contributed by atoms with van der Waals surface area (Å²) in [5, 5.41) is 26.6. The summed E-state index contributed by atoms with van der Waals surface area (Å²) < 4.78 is 25.5. The SMILES string of the molecule is C1CCOC1.CC.CCC1=C[C@@H]2[C@H](C1)C[C@@]2(CC(=O)O)C[N+](=O)[O-].CCC1=C[C@H]2C(=O)C[C@H]2C1.CCOC(=O)C=C1C[C@H]2CC(CC)=C[C@@H]12.CCOC(=O)CP(C)(C)=O.CO. The molecule has 348 valence electrons. The van der Waals surface area contributed by atoms with Crippen molar-refractivity contribution in [3.8, 4) is 0 Å². The molecule has 7 aliphatic rings. The van der Waals surface area contributed by atoms with E-state index in [9.17, 15) is 33.9 Å². The number of aliphatic hydroxyl groups excluding tert-OH is 1. The molecule has 1 saturated heterocycles. The fourth-order valence-corrected chi connectivity index (χ4v) is 9.81. The van der Waals surface area contributed by atoms with Crippen LogP contribution in [0.15, 0.2) is 46.6 Å². The van der Waals surface area contributed by atoms with Gasteiger partial charge in [-0.1, -0.05) is 75.1 Å². The van der Waals surface area contributed by atoms with E-state index >= 15 is 0 Å². The Balaban J connectivity index is 0.000000388. The zero-order valence-electron chi connectivity index (χ0n) is 38.9. The Kier molecular flexibility index (Phi) is 25.8. The fraction of sp³-hybridized carbons (Fsp3) is 0.745. The smallest absolute Gasteiger partial charge is 0.330 e. The van der Waals surface area contributed by atoms with Gasteiger partial charge in [-0.15, -0.1) is 0 Å². The molecule has 3 saturated carbocycles. The highest BCUT2D eigenvalue weighted by Crippen LogP contribution is 2.60. The largest absolute Gasteiger partial charge is 0.481 e. The number of hydrogen-bond acceptors (Lipinski definition) is 11. The van der Waals surface area contributed by atoms with E-state index in [1.165, 1.54) is 42.4 Å². The standard InChI is InChI=1S/C13H18O2.C12H17NO4.C9H12O.C6H13O3P.C4H8O.C2H6.CH4O/c1-3-9-5-10-7-11(12(10)6-9)8-13(14)15-4-2;1-2-8-3-9-5-12(6-11(14)15,7-13(16)17)10(9)4-8;1-2-6-3-7-5-9(10)8(7)4-6;1-4-9-6(7)5-10(2,3)8;1-2-4-5-3-1;2*1-2/h6,8,10,12H,3-5,7H2,1-2H3;4,9-10H,2-3,5-7H2,1H3,(H,14,15);4,7-8H,2-3,5H2,1H3;4-5H2,1-3H3;1-4H2;1-2H3;2H,1H3/t10-,12-;9-,10-,12-;7-,8-;;;;/m111..../s1. The lowest BCUT2D eigenvalue weighted by Crippen LogP contribution is -2.50. The molecule has 0 radical (unpaired) electrons. The molecule has 1 heterocycles. The van der Waals surface area contributed by atoms with E-state index in [1.807, 2.05) is 20.8 Å². The minimum Gasteiger partial charge on any atom is -0.481 e. The number of allylic oxidation sites excluding steroid dienone is 7. The van der Waals surface area contributed by atoms with Crippen LogP contribution < -0.4 is 0 Å². The third kappa shape index (κ3) is 18.5. The van der Waals surface area contributed by atoms with E-state index in [1.54, 1.807) is 31.9 Å². The van der Waals surface area contributed by atoms with Gasteiger partial charge in [0.1, 0.15) is 5.78 Å². The van der Waals surface area contributed by atoms with Gasteiger partial charge in [-0.3, -0.25) is 24.5 Å². The monoisotopic (exact) mass is 880 g/mol. The van der Waals surface area contributed by atoms with Crippen LogP contribution in [-0.2, 0) is 38.0 Å². The molecule has 4 fully saturated rings. The third-order valence-electron chi connectivity index (χ3n) is 12.0. The van der Waals surface area contributed by atoms with Crippen molar-refractivity contribution in [1.29, 1.82) is 0 Å². The first-order chi connectivity index (χ1) is 29.0. The zero-order chi connectivity index (χ0) is 46.3. The number of hydrogen-bond donors (Lipinski definition) is 2. The number of nitrogens with zero attached hydrogens (tertiary/aromatic N) is 1. The molecule has 0 amide bonds.